The smallest absolute Gasteiger partial charge is 0.254 e. The zero-order chi connectivity index (χ0) is 22.2. The first-order chi connectivity index (χ1) is 15.5. The molecule has 2 heterocycles. The van der Waals surface area contributed by atoms with E-state index in [2.05, 4.69) is 27.3 Å². The lowest BCUT2D eigenvalue weighted by Gasteiger charge is -2.44. The van der Waals surface area contributed by atoms with E-state index in [0.717, 1.165) is 51.8 Å². The SMILES string of the molecule is Cc1ccc(NC(=O)[C@H]2c3ccccc3C(=O)N(C3CCCC3)[C@H]2c2cccs2)c(Br)c1. The third kappa shape index (κ3) is 3.80. The Labute approximate surface area is 200 Å². The first-order valence-corrected chi connectivity index (χ1v) is 12.7. The fourth-order valence-corrected chi connectivity index (χ4v) is 6.56. The van der Waals surface area contributed by atoms with Crippen molar-refractivity contribution in [3.8, 4) is 0 Å². The van der Waals surface area contributed by atoms with Crippen LogP contribution in [0.25, 0.3) is 0 Å². The summed E-state index contributed by atoms with van der Waals surface area (Å²) in [6.45, 7) is 2.02. The Kier molecular flexibility index (Phi) is 5.91. The number of halogens is 1. The Morgan fingerprint density at radius 1 is 1.09 bits per heavy atom. The molecule has 32 heavy (non-hydrogen) atoms. The van der Waals surface area contributed by atoms with Crippen molar-refractivity contribution in [1.29, 1.82) is 0 Å². The minimum Gasteiger partial charge on any atom is -0.327 e. The highest BCUT2D eigenvalue weighted by Gasteiger charge is 2.47. The van der Waals surface area contributed by atoms with Gasteiger partial charge in [0.2, 0.25) is 5.91 Å². The molecule has 2 atom stereocenters. The van der Waals surface area contributed by atoms with E-state index in [1.54, 1.807) is 11.3 Å². The molecule has 0 spiro atoms. The average Bonchev–Trinajstić information content (AvgIpc) is 3.50. The van der Waals surface area contributed by atoms with Crippen molar-refractivity contribution in [2.24, 2.45) is 0 Å². The minimum absolute atomic E-state index is 0.0477. The van der Waals surface area contributed by atoms with E-state index in [4.69, 9.17) is 0 Å². The van der Waals surface area contributed by atoms with Gasteiger partial charge in [-0.25, -0.2) is 0 Å². The maximum absolute atomic E-state index is 13.9. The Morgan fingerprint density at radius 3 is 2.59 bits per heavy atom. The van der Waals surface area contributed by atoms with Gasteiger partial charge in [0.15, 0.2) is 0 Å². The number of hydrogen-bond acceptors (Lipinski definition) is 3. The van der Waals surface area contributed by atoms with Crippen molar-refractivity contribution < 1.29 is 9.59 Å². The van der Waals surface area contributed by atoms with Crippen LogP contribution < -0.4 is 5.32 Å². The van der Waals surface area contributed by atoms with Crippen LogP contribution in [0.2, 0.25) is 0 Å². The third-order valence-corrected chi connectivity index (χ3v) is 8.19. The fraction of sp³-hybridized carbons (Fsp3) is 0.308. The van der Waals surface area contributed by atoms with Crippen molar-refractivity contribution in [3.05, 3.63) is 86.0 Å². The van der Waals surface area contributed by atoms with Crippen molar-refractivity contribution in [1.82, 2.24) is 4.90 Å². The predicted octanol–water partition coefficient (Wildman–Crippen LogP) is 6.68. The van der Waals surface area contributed by atoms with Crippen LogP contribution in [0, 0.1) is 6.92 Å². The molecule has 1 fully saturated rings. The first kappa shape index (κ1) is 21.4. The van der Waals surface area contributed by atoms with E-state index in [1.165, 1.54) is 0 Å². The lowest BCUT2D eigenvalue weighted by Crippen LogP contribution is -2.49. The van der Waals surface area contributed by atoms with Crippen LogP contribution in [0.3, 0.4) is 0 Å². The lowest BCUT2D eigenvalue weighted by atomic mass is 9.80. The summed E-state index contributed by atoms with van der Waals surface area (Å²) < 4.78 is 0.853. The average molecular weight is 509 g/mol. The summed E-state index contributed by atoms with van der Waals surface area (Å²) in [7, 11) is 0. The minimum atomic E-state index is -0.476. The van der Waals surface area contributed by atoms with Crippen LogP contribution >= 0.6 is 27.3 Å². The number of carbonyl (C=O) groups excluding carboxylic acids is 2. The summed E-state index contributed by atoms with van der Waals surface area (Å²) in [5.74, 6) is -0.515. The largest absolute Gasteiger partial charge is 0.327 e. The number of aryl methyl sites for hydroxylation is 1. The predicted molar refractivity (Wildman–Crippen MR) is 132 cm³/mol. The van der Waals surface area contributed by atoms with Crippen molar-refractivity contribution in [3.63, 3.8) is 0 Å². The van der Waals surface area contributed by atoms with Gasteiger partial charge in [0.25, 0.3) is 5.91 Å². The second-order valence-electron chi connectivity index (χ2n) is 8.65. The van der Waals surface area contributed by atoms with Gasteiger partial charge in [0, 0.05) is 21.0 Å². The highest BCUT2D eigenvalue weighted by atomic mass is 79.9. The second kappa shape index (κ2) is 8.83. The molecule has 6 heteroatoms. The topological polar surface area (TPSA) is 49.4 Å². The summed E-state index contributed by atoms with van der Waals surface area (Å²) in [6, 6.07) is 17.5. The monoisotopic (exact) mass is 508 g/mol. The Hall–Kier alpha value is -2.44. The van der Waals surface area contributed by atoms with Gasteiger partial charge in [-0.1, -0.05) is 43.2 Å². The van der Waals surface area contributed by atoms with Crippen molar-refractivity contribution in [2.45, 2.75) is 50.6 Å². The molecule has 2 aliphatic rings. The quantitative estimate of drug-likeness (QED) is 0.427. The van der Waals surface area contributed by atoms with Crippen LogP contribution in [0.5, 0.6) is 0 Å². The Balaban J connectivity index is 1.62. The molecule has 1 aromatic heterocycles. The molecular formula is C26H25BrN2O2S. The molecule has 0 saturated heterocycles. The van der Waals surface area contributed by atoms with Crippen molar-refractivity contribution in [2.75, 3.05) is 5.32 Å². The fourth-order valence-electron chi connectivity index (χ4n) is 5.11. The first-order valence-electron chi connectivity index (χ1n) is 11.1. The maximum Gasteiger partial charge on any atom is 0.254 e. The maximum atomic E-state index is 13.9. The van der Waals surface area contributed by atoms with E-state index in [1.807, 2.05) is 65.7 Å². The molecule has 1 aliphatic heterocycles. The lowest BCUT2D eigenvalue weighted by molar-refractivity contribution is -0.119. The van der Waals surface area contributed by atoms with Gasteiger partial charge >= 0.3 is 0 Å². The van der Waals surface area contributed by atoms with Gasteiger partial charge in [0.05, 0.1) is 17.6 Å². The standard InChI is InChI=1S/C26H25BrN2O2S/c1-16-12-13-21(20(27)15-16)28-25(30)23-18-9-4-5-10-19(18)26(31)29(17-7-2-3-8-17)24(23)22-11-6-14-32-22/h4-6,9-15,17,23-24H,2-3,7-8H2,1H3,(H,28,30)/t23-,24-/m0/s1. The number of benzene rings is 2. The van der Waals surface area contributed by atoms with Crippen LogP contribution in [-0.2, 0) is 4.79 Å². The van der Waals surface area contributed by atoms with Crippen LogP contribution in [0.15, 0.2) is 64.5 Å². The Morgan fingerprint density at radius 2 is 1.88 bits per heavy atom. The molecule has 0 unspecified atom stereocenters. The molecule has 5 rings (SSSR count). The van der Waals surface area contributed by atoms with Crippen LogP contribution in [-0.4, -0.2) is 22.8 Å². The normalized spacial score (nSPS) is 20.9. The highest BCUT2D eigenvalue weighted by Crippen LogP contribution is 2.47. The molecule has 0 bridgehead atoms. The number of fused-ring (bicyclic) bond motifs is 1. The van der Waals surface area contributed by atoms with Gasteiger partial charge in [-0.2, -0.15) is 0 Å². The molecule has 2 amide bonds. The number of anilines is 1. The van der Waals surface area contributed by atoms with Gasteiger partial charge in [-0.05, 0) is 76.5 Å². The third-order valence-electron chi connectivity index (χ3n) is 6.59. The van der Waals surface area contributed by atoms with Gasteiger partial charge in [0.1, 0.15) is 0 Å². The molecule has 0 radical (unpaired) electrons. The molecular weight excluding hydrogens is 484 g/mol. The van der Waals surface area contributed by atoms with Gasteiger partial charge in [-0.15, -0.1) is 11.3 Å². The summed E-state index contributed by atoms with van der Waals surface area (Å²) >= 11 is 5.20. The van der Waals surface area contributed by atoms with Gasteiger partial charge in [-0.3, -0.25) is 9.59 Å². The molecule has 3 aromatic rings. The molecule has 1 aliphatic carbocycles. The molecule has 1 N–H and O–H groups in total. The molecule has 1 saturated carbocycles. The van der Waals surface area contributed by atoms with Crippen LogP contribution in [0.1, 0.15) is 64.0 Å². The summed E-state index contributed by atoms with van der Waals surface area (Å²) in [4.78, 5) is 30.7. The second-order valence-corrected chi connectivity index (χ2v) is 10.5. The molecule has 4 nitrogen and oxygen atoms in total. The zero-order valence-electron chi connectivity index (χ0n) is 17.9. The van der Waals surface area contributed by atoms with Crippen molar-refractivity contribution >= 4 is 44.8 Å². The van der Waals surface area contributed by atoms with Crippen LogP contribution in [0.4, 0.5) is 5.69 Å². The summed E-state index contributed by atoms with van der Waals surface area (Å²) in [5, 5.41) is 5.17. The van der Waals surface area contributed by atoms with E-state index in [-0.39, 0.29) is 23.9 Å². The number of nitrogens with one attached hydrogen (secondary N) is 1. The number of hydrogen-bond donors (Lipinski definition) is 1. The number of nitrogens with zero attached hydrogens (tertiary/aromatic N) is 1. The van der Waals surface area contributed by atoms with E-state index >= 15 is 0 Å². The zero-order valence-corrected chi connectivity index (χ0v) is 20.3. The molecule has 164 valence electrons. The van der Waals surface area contributed by atoms with E-state index in [9.17, 15) is 9.59 Å². The van der Waals surface area contributed by atoms with E-state index in [0.29, 0.717) is 5.56 Å². The number of thiophene rings is 1. The summed E-state index contributed by atoms with van der Waals surface area (Å²) in [6.07, 6.45) is 4.24. The molecule has 2 aromatic carbocycles. The van der Waals surface area contributed by atoms with E-state index < -0.39 is 5.92 Å². The Bertz CT molecular complexity index is 1150. The number of carbonyl (C=O) groups is 2. The summed E-state index contributed by atoms with van der Waals surface area (Å²) in [5.41, 5.74) is 3.32. The van der Waals surface area contributed by atoms with Gasteiger partial charge < -0.3 is 10.2 Å². The highest BCUT2D eigenvalue weighted by molar-refractivity contribution is 9.10. The number of amides is 2. The number of rotatable bonds is 4.